The molecule has 0 spiro atoms. The number of rotatable bonds is 0. The molecule has 1 atom stereocenters. The van der Waals surface area contributed by atoms with Crippen LogP contribution in [0.1, 0.15) is 30.1 Å². The Morgan fingerprint density at radius 1 is 1.40 bits per heavy atom. The molecule has 82 valence electrons. The van der Waals surface area contributed by atoms with Gasteiger partial charge < -0.3 is 5.11 Å². The lowest BCUT2D eigenvalue weighted by Crippen LogP contribution is -2.25. The second-order valence-electron chi connectivity index (χ2n) is 3.61. The number of aliphatic hydroxyl groups excluding tert-OH is 1. The summed E-state index contributed by atoms with van der Waals surface area (Å²) in [6.45, 7) is 0. The van der Waals surface area contributed by atoms with Gasteiger partial charge in [0.15, 0.2) is 0 Å². The molecule has 1 unspecified atom stereocenters. The molecule has 1 aromatic carbocycles. The largest absolute Gasteiger partial charge is 0.388 e. The van der Waals surface area contributed by atoms with Gasteiger partial charge in [0.1, 0.15) is 5.82 Å². The highest BCUT2D eigenvalue weighted by Gasteiger charge is 2.42. The summed E-state index contributed by atoms with van der Waals surface area (Å²) >= 11 is 3.01. The Morgan fingerprint density at radius 3 is 2.73 bits per heavy atom. The Labute approximate surface area is 93.0 Å². The third-order valence-electron chi connectivity index (χ3n) is 2.54. The lowest BCUT2D eigenvalue weighted by molar-refractivity contribution is -0.0451. The van der Waals surface area contributed by atoms with Crippen molar-refractivity contribution in [1.29, 1.82) is 0 Å². The quantitative estimate of drug-likeness (QED) is 0.771. The topological polar surface area (TPSA) is 20.2 Å². The molecule has 1 aliphatic rings. The fourth-order valence-corrected chi connectivity index (χ4v) is 2.29. The summed E-state index contributed by atoms with van der Waals surface area (Å²) in [7, 11) is 0. The number of alkyl halides is 2. The number of halogens is 4. The standard InChI is InChI=1S/C10H8BrF3O/c11-5-3-6-8(15)1-2-10(13,14)9(6)7(12)4-5/h3-4,8,15H,1-2H2. The van der Waals surface area contributed by atoms with Crippen LogP contribution in [-0.2, 0) is 5.92 Å². The van der Waals surface area contributed by atoms with Gasteiger partial charge in [0, 0.05) is 10.9 Å². The van der Waals surface area contributed by atoms with Crippen LogP contribution >= 0.6 is 15.9 Å². The van der Waals surface area contributed by atoms with E-state index in [9.17, 15) is 18.3 Å². The van der Waals surface area contributed by atoms with Gasteiger partial charge in [-0.3, -0.25) is 0 Å². The van der Waals surface area contributed by atoms with E-state index in [1.165, 1.54) is 6.07 Å². The Kier molecular flexibility index (Phi) is 2.55. The predicted octanol–water partition coefficient (Wildman–Crippen LogP) is 3.51. The summed E-state index contributed by atoms with van der Waals surface area (Å²) in [4.78, 5) is 0. The van der Waals surface area contributed by atoms with E-state index in [4.69, 9.17) is 0 Å². The maximum atomic E-state index is 13.4. The van der Waals surface area contributed by atoms with Crippen LogP contribution in [0.15, 0.2) is 16.6 Å². The minimum Gasteiger partial charge on any atom is -0.388 e. The van der Waals surface area contributed by atoms with E-state index >= 15 is 0 Å². The van der Waals surface area contributed by atoms with E-state index < -0.39 is 29.8 Å². The normalized spacial score (nSPS) is 23.7. The molecule has 0 saturated carbocycles. The molecule has 0 amide bonds. The zero-order chi connectivity index (χ0) is 11.2. The molecule has 5 heteroatoms. The summed E-state index contributed by atoms with van der Waals surface area (Å²) in [5.74, 6) is -4.15. The fourth-order valence-electron chi connectivity index (χ4n) is 1.84. The van der Waals surface area contributed by atoms with Gasteiger partial charge in [-0.1, -0.05) is 15.9 Å². The third kappa shape index (κ3) is 1.78. The van der Waals surface area contributed by atoms with Crippen molar-refractivity contribution in [1.82, 2.24) is 0 Å². The van der Waals surface area contributed by atoms with Crippen molar-refractivity contribution in [2.45, 2.75) is 24.9 Å². The first kappa shape index (κ1) is 11.0. The molecule has 0 aromatic heterocycles. The number of benzene rings is 1. The smallest absolute Gasteiger partial charge is 0.276 e. The van der Waals surface area contributed by atoms with Crippen LogP contribution in [0.3, 0.4) is 0 Å². The van der Waals surface area contributed by atoms with E-state index in [1.54, 1.807) is 0 Å². The molecule has 0 heterocycles. The first-order valence-corrected chi connectivity index (χ1v) is 5.26. The molecule has 15 heavy (non-hydrogen) atoms. The summed E-state index contributed by atoms with van der Waals surface area (Å²) in [5, 5.41) is 9.52. The molecular formula is C10H8BrF3O. The summed E-state index contributed by atoms with van der Waals surface area (Å²) in [6, 6.07) is 2.33. The molecule has 1 N–H and O–H groups in total. The van der Waals surface area contributed by atoms with Crippen molar-refractivity contribution in [3.8, 4) is 0 Å². The Balaban J connectivity index is 2.67. The predicted molar refractivity (Wildman–Crippen MR) is 52.2 cm³/mol. The van der Waals surface area contributed by atoms with Gasteiger partial charge in [0.2, 0.25) is 0 Å². The van der Waals surface area contributed by atoms with Crippen molar-refractivity contribution in [2.75, 3.05) is 0 Å². The average molecular weight is 281 g/mol. The van der Waals surface area contributed by atoms with E-state index in [0.717, 1.165) is 6.07 Å². The highest BCUT2D eigenvalue weighted by atomic mass is 79.9. The number of fused-ring (bicyclic) bond motifs is 1. The van der Waals surface area contributed by atoms with E-state index in [-0.39, 0.29) is 12.0 Å². The van der Waals surface area contributed by atoms with Crippen LogP contribution in [0, 0.1) is 5.82 Å². The molecule has 1 aromatic rings. The van der Waals surface area contributed by atoms with Crippen LogP contribution < -0.4 is 0 Å². The molecule has 2 rings (SSSR count). The fraction of sp³-hybridized carbons (Fsp3) is 0.400. The monoisotopic (exact) mass is 280 g/mol. The van der Waals surface area contributed by atoms with Crippen LogP contribution in [0.2, 0.25) is 0 Å². The van der Waals surface area contributed by atoms with Crippen molar-refractivity contribution in [3.05, 3.63) is 33.5 Å². The molecule has 0 radical (unpaired) electrons. The van der Waals surface area contributed by atoms with Crippen LogP contribution in [0.4, 0.5) is 13.2 Å². The zero-order valence-electron chi connectivity index (χ0n) is 7.61. The highest BCUT2D eigenvalue weighted by molar-refractivity contribution is 9.10. The van der Waals surface area contributed by atoms with Gasteiger partial charge in [-0.15, -0.1) is 0 Å². The number of aliphatic hydroxyl groups is 1. The van der Waals surface area contributed by atoms with E-state index in [1.807, 2.05) is 0 Å². The highest BCUT2D eigenvalue weighted by Crippen LogP contribution is 2.46. The molecule has 1 nitrogen and oxygen atoms in total. The first-order valence-electron chi connectivity index (χ1n) is 4.47. The third-order valence-corrected chi connectivity index (χ3v) is 3.00. The minimum atomic E-state index is -3.18. The summed E-state index contributed by atoms with van der Waals surface area (Å²) < 4.78 is 40.5. The lowest BCUT2D eigenvalue weighted by atomic mass is 9.86. The van der Waals surface area contributed by atoms with Crippen molar-refractivity contribution < 1.29 is 18.3 Å². The Morgan fingerprint density at radius 2 is 2.07 bits per heavy atom. The van der Waals surface area contributed by atoms with Gasteiger partial charge in [-0.05, 0) is 24.1 Å². The number of hydrogen-bond donors (Lipinski definition) is 1. The second kappa shape index (κ2) is 3.49. The Bertz CT molecular complexity index is 406. The molecule has 0 saturated heterocycles. The molecular weight excluding hydrogens is 273 g/mol. The van der Waals surface area contributed by atoms with Gasteiger partial charge >= 0.3 is 0 Å². The molecule has 0 fully saturated rings. The first-order chi connectivity index (χ1) is 6.92. The maximum Gasteiger partial charge on any atom is 0.276 e. The van der Waals surface area contributed by atoms with Crippen molar-refractivity contribution in [2.24, 2.45) is 0 Å². The van der Waals surface area contributed by atoms with Gasteiger partial charge in [-0.2, -0.15) is 0 Å². The van der Waals surface area contributed by atoms with Crippen molar-refractivity contribution in [3.63, 3.8) is 0 Å². The molecule has 1 aliphatic carbocycles. The van der Waals surface area contributed by atoms with Crippen molar-refractivity contribution >= 4 is 15.9 Å². The number of hydrogen-bond acceptors (Lipinski definition) is 1. The zero-order valence-corrected chi connectivity index (χ0v) is 9.19. The van der Waals surface area contributed by atoms with Crippen LogP contribution in [0.25, 0.3) is 0 Å². The van der Waals surface area contributed by atoms with E-state index in [2.05, 4.69) is 15.9 Å². The van der Waals surface area contributed by atoms with Gasteiger partial charge in [0.05, 0.1) is 11.7 Å². The van der Waals surface area contributed by atoms with E-state index in [0.29, 0.717) is 4.47 Å². The second-order valence-corrected chi connectivity index (χ2v) is 4.53. The lowest BCUT2D eigenvalue weighted by Gasteiger charge is -2.29. The van der Waals surface area contributed by atoms with Crippen LogP contribution in [0.5, 0.6) is 0 Å². The minimum absolute atomic E-state index is 0.0156. The Hall–Kier alpha value is -0.550. The maximum absolute atomic E-state index is 13.4. The molecule has 0 bridgehead atoms. The molecule has 0 aliphatic heterocycles. The van der Waals surface area contributed by atoms with Crippen LogP contribution in [-0.4, -0.2) is 5.11 Å². The average Bonchev–Trinajstić information content (AvgIpc) is 2.10. The van der Waals surface area contributed by atoms with Gasteiger partial charge in [-0.25, -0.2) is 13.2 Å². The SMILES string of the molecule is OC1CCC(F)(F)c2c(F)cc(Br)cc21. The summed E-state index contributed by atoms with van der Waals surface area (Å²) in [6.07, 6.45) is -1.57. The summed E-state index contributed by atoms with van der Waals surface area (Å²) in [5.41, 5.74) is -0.678. The van der Waals surface area contributed by atoms with Gasteiger partial charge in [0.25, 0.3) is 5.92 Å².